The van der Waals surface area contributed by atoms with Crippen molar-refractivity contribution in [2.24, 2.45) is 5.73 Å². The van der Waals surface area contributed by atoms with E-state index in [9.17, 15) is 4.79 Å². The monoisotopic (exact) mass is 189 g/mol. The van der Waals surface area contributed by atoms with Crippen LogP contribution in [0.4, 0.5) is 0 Å². The Morgan fingerprint density at radius 2 is 2.15 bits per heavy atom. The number of hydrogen-bond acceptors (Lipinski definition) is 4. The Morgan fingerprint density at radius 1 is 1.62 bits per heavy atom. The van der Waals surface area contributed by atoms with Gasteiger partial charge in [0.2, 0.25) is 0 Å². The number of carbonyl (C=O) groups excluding carboxylic acids is 1. The molecule has 0 bridgehead atoms. The SMILES string of the molecule is CCC(C)(N)COC(C)C(=O)OC. The molecule has 0 fully saturated rings. The van der Waals surface area contributed by atoms with E-state index in [1.54, 1.807) is 6.92 Å². The van der Waals surface area contributed by atoms with Crippen LogP contribution in [0.15, 0.2) is 0 Å². The summed E-state index contributed by atoms with van der Waals surface area (Å²) in [5.41, 5.74) is 5.46. The Kier molecular flexibility index (Phi) is 4.95. The summed E-state index contributed by atoms with van der Waals surface area (Å²) >= 11 is 0. The molecule has 2 unspecified atom stereocenters. The fraction of sp³-hybridized carbons (Fsp3) is 0.889. The molecule has 0 rings (SSSR count). The van der Waals surface area contributed by atoms with E-state index in [-0.39, 0.29) is 11.5 Å². The van der Waals surface area contributed by atoms with Gasteiger partial charge in [-0.05, 0) is 20.3 Å². The van der Waals surface area contributed by atoms with Crippen molar-refractivity contribution >= 4 is 5.97 Å². The van der Waals surface area contributed by atoms with Crippen LogP contribution in [0.1, 0.15) is 27.2 Å². The Hall–Kier alpha value is -0.610. The van der Waals surface area contributed by atoms with Crippen LogP contribution in [-0.2, 0) is 14.3 Å². The molecule has 0 spiro atoms. The Balaban J connectivity index is 3.82. The van der Waals surface area contributed by atoms with Crippen molar-refractivity contribution in [2.45, 2.75) is 38.8 Å². The Bertz CT molecular complexity index is 168. The summed E-state index contributed by atoms with van der Waals surface area (Å²) in [7, 11) is 1.34. The van der Waals surface area contributed by atoms with E-state index in [1.807, 2.05) is 13.8 Å². The van der Waals surface area contributed by atoms with Gasteiger partial charge in [0.15, 0.2) is 6.10 Å². The van der Waals surface area contributed by atoms with Crippen molar-refractivity contribution in [2.75, 3.05) is 13.7 Å². The number of ether oxygens (including phenoxy) is 2. The number of methoxy groups -OCH3 is 1. The van der Waals surface area contributed by atoms with Gasteiger partial charge in [0.1, 0.15) is 0 Å². The number of hydrogen-bond donors (Lipinski definition) is 1. The van der Waals surface area contributed by atoms with E-state index < -0.39 is 6.10 Å². The molecule has 0 aromatic carbocycles. The highest BCUT2D eigenvalue weighted by Crippen LogP contribution is 2.07. The number of carbonyl (C=O) groups is 1. The molecule has 0 amide bonds. The number of rotatable bonds is 5. The van der Waals surface area contributed by atoms with Crippen LogP contribution in [0.25, 0.3) is 0 Å². The summed E-state index contributed by atoms with van der Waals surface area (Å²) in [5.74, 6) is -0.369. The predicted molar refractivity (Wildman–Crippen MR) is 50.3 cm³/mol. The van der Waals surface area contributed by atoms with Gasteiger partial charge < -0.3 is 15.2 Å². The maximum Gasteiger partial charge on any atom is 0.334 e. The van der Waals surface area contributed by atoms with Crippen LogP contribution in [0, 0.1) is 0 Å². The van der Waals surface area contributed by atoms with E-state index in [0.717, 1.165) is 6.42 Å². The summed E-state index contributed by atoms with van der Waals surface area (Å²) in [6, 6.07) is 0. The van der Waals surface area contributed by atoms with Crippen LogP contribution < -0.4 is 5.73 Å². The maximum atomic E-state index is 10.9. The maximum absolute atomic E-state index is 10.9. The van der Waals surface area contributed by atoms with E-state index in [1.165, 1.54) is 7.11 Å². The van der Waals surface area contributed by atoms with E-state index in [2.05, 4.69) is 4.74 Å². The second-order valence-corrected chi connectivity index (χ2v) is 3.48. The number of esters is 1. The molecule has 0 aliphatic heterocycles. The van der Waals surface area contributed by atoms with Crippen LogP contribution in [0.5, 0.6) is 0 Å². The average molecular weight is 189 g/mol. The van der Waals surface area contributed by atoms with Gasteiger partial charge in [0, 0.05) is 5.54 Å². The van der Waals surface area contributed by atoms with Crippen molar-refractivity contribution in [3.8, 4) is 0 Å². The molecule has 0 heterocycles. The molecule has 0 aliphatic rings. The second-order valence-electron chi connectivity index (χ2n) is 3.48. The Morgan fingerprint density at radius 3 is 2.54 bits per heavy atom. The van der Waals surface area contributed by atoms with Crippen molar-refractivity contribution < 1.29 is 14.3 Å². The van der Waals surface area contributed by atoms with Crippen molar-refractivity contribution in [3.63, 3.8) is 0 Å². The molecule has 2 N–H and O–H groups in total. The van der Waals surface area contributed by atoms with Gasteiger partial charge in [0.05, 0.1) is 13.7 Å². The fourth-order valence-corrected chi connectivity index (χ4v) is 0.651. The van der Waals surface area contributed by atoms with Crippen LogP contribution >= 0.6 is 0 Å². The van der Waals surface area contributed by atoms with Crippen LogP contribution in [-0.4, -0.2) is 31.3 Å². The van der Waals surface area contributed by atoms with E-state index >= 15 is 0 Å². The van der Waals surface area contributed by atoms with Gasteiger partial charge >= 0.3 is 5.97 Å². The quantitative estimate of drug-likeness (QED) is 0.646. The second kappa shape index (κ2) is 5.19. The molecule has 0 radical (unpaired) electrons. The van der Waals surface area contributed by atoms with Crippen LogP contribution in [0.2, 0.25) is 0 Å². The summed E-state index contributed by atoms with van der Waals surface area (Å²) in [6.07, 6.45) is 0.264. The van der Waals surface area contributed by atoms with E-state index in [4.69, 9.17) is 10.5 Å². The van der Waals surface area contributed by atoms with Gasteiger partial charge in [0.25, 0.3) is 0 Å². The lowest BCUT2D eigenvalue weighted by molar-refractivity contribution is -0.153. The molecule has 13 heavy (non-hydrogen) atoms. The van der Waals surface area contributed by atoms with Crippen LogP contribution in [0.3, 0.4) is 0 Å². The summed E-state index contributed by atoms with van der Waals surface area (Å²) < 4.78 is 9.76. The van der Waals surface area contributed by atoms with Crippen molar-refractivity contribution in [1.29, 1.82) is 0 Å². The smallest absolute Gasteiger partial charge is 0.334 e. The van der Waals surface area contributed by atoms with Gasteiger partial charge in [-0.1, -0.05) is 6.92 Å². The minimum atomic E-state index is -0.542. The van der Waals surface area contributed by atoms with Crippen molar-refractivity contribution in [1.82, 2.24) is 0 Å². The molecule has 0 saturated heterocycles. The standard InChI is InChI=1S/C9H19NO3/c1-5-9(3,10)6-13-7(2)8(11)12-4/h7H,5-6,10H2,1-4H3. The third-order valence-electron chi connectivity index (χ3n) is 2.00. The third-order valence-corrected chi connectivity index (χ3v) is 2.00. The van der Waals surface area contributed by atoms with Crippen molar-refractivity contribution in [3.05, 3.63) is 0 Å². The summed E-state index contributed by atoms with van der Waals surface area (Å²) in [5, 5.41) is 0. The van der Waals surface area contributed by atoms with E-state index in [0.29, 0.717) is 6.61 Å². The Labute approximate surface area is 79.4 Å². The topological polar surface area (TPSA) is 61.5 Å². The summed E-state index contributed by atoms with van der Waals surface area (Å²) in [6.45, 7) is 5.88. The molecule has 4 nitrogen and oxygen atoms in total. The highest BCUT2D eigenvalue weighted by atomic mass is 16.6. The minimum absolute atomic E-state index is 0.361. The molecule has 0 aromatic heterocycles. The van der Waals surface area contributed by atoms with Gasteiger partial charge in [-0.15, -0.1) is 0 Å². The molecule has 0 aliphatic carbocycles. The highest BCUT2D eigenvalue weighted by Gasteiger charge is 2.20. The lowest BCUT2D eigenvalue weighted by Gasteiger charge is -2.23. The largest absolute Gasteiger partial charge is 0.467 e. The average Bonchev–Trinajstić information content (AvgIpc) is 2.13. The third kappa shape index (κ3) is 4.85. The minimum Gasteiger partial charge on any atom is -0.467 e. The normalized spacial score (nSPS) is 17.6. The number of nitrogens with two attached hydrogens (primary N) is 1. The molecule has 78 valence electrons. The zero-order valence-electron chi connectivity index (χ0n) is 8.79. The molecule has 4 heteroatoms. The highest BCUT2D eigenvalue weighted by molar-refractivity contribution is 5.73. The lowest BCUT2D eigenvalue weighted by atomic mass is 10.0. The van der Waals surface area contributed by atoms with Gasteiger partial charge in [-0.3, -0.25) is 0 Å². The predicted octanol–water partition coefficient (Wildman–Crippen LogP) is 0.692. The molecular weight excluding hydrogens is 170 g/mol. The molecule has 0 aromatic rings. The first-order valence-electron chi connectivity index (χ1n) is 4.41. The molecular formula is C9H19NO3. The van der Waals surface area contributed by atoms with Gasteiger partial charge in [-0.25, -0.2) is 4.79 Å². The van der Waals surface area contributed by atoms with Gasteiger partial charge in [-0.2, -0.15) is 0 Å². The zero-order chi connectivity index (χ0) is 10.5. The first-order valence-corrected chi connectivity index (χ1v) is 4.41. The summed E-state index contributed by atoms with van der Waals surface area (Å²) in [4.78, 5) is 10.9. The first-order chi connectivity index (χ1) is 5.93. The fourth-order valence-electron chi connectivity index (χ4n) is 0.651. The first kappa shape index (κ1) is 12.4. The molecule has 0 saturated carbocycles. The zero-order valence-corrected chi connectivity index (χ0v) is 8.79. The lowest BCUT2D eigenvalue weighted by Crippen LogP contribution is -2.42. The molecule has 2 atom stereocenters.